The maximum absolute atomic E-state index is 10.3. The zero-order valence-corrected chi connectivity index (χ0v) is 19.1. The minimum Gasteiger partial charge on any atom is -0.784 e. The topological polar surface area (TPSA) is 100 Å². The third kappa shape index (κ3) is 40.5. The van der Waals surface area contributed by atoms with E-state index >= 15 is 0 Å². The molecule has 0 rings (SSSR count). The maximum Gasteiger partial charge on any atom is 1.00 e. The van der Waals surface area contributed by atoms with E-state index in [1.165, 1.54) is 83.5 Å². The van der Waals surface area contributed by atoms with Crippen molar-refractivity contribution in [2.45, 2.75) is 110 Å². The molecule has 0 saturated carbocycles. The molecule has 25 heavy (non-hydrogen) atoms. The molecule has 0 bridgehead atoms. The van der Waals surface area contributed by atoms with Crippen LogP contribution in [0, 0.1) is 0 Å². The maximum atomic E-state index is 10.3. The van der Waals surface area contributed by atoms with Gasteiger partial charge in [0, 0.05) is 6.42 Å². The molecule has 0 radical (unpaired) electrons. The van der Waals surface area contributed by atoms with Crippen molar-refractivity contribution in [1.82, 2.24) is 0 Å². The van der Waals surface area contributed by atoms with Crippen LogP contribution in [0.2, 0.25) is 0 Å². The molecule has 5 nitrogen and oxygen atoms in total. The molecule has 0 fully saturated rings. The van der Waals surface area contributed by atoms with Crippen LogP contribution in [0.1, 0.15) is 110 Å². The van der Waals surface area contributed by atoms with Gasteiger partial charge in [0.2, 0.25) is 0 Å². The second kappa shape index (κ2) is 26.8. The summed E-state index contributed by atoms with van der Waals surface area (Å²) in [5.41, 5.74) is 0. The van der Waals surface area contributed by atoms with Crippen LogP contribution in [0.5, 0.6) is 0 Å². The van der Waals surface area contributed by atoms with Crippen LogP contribution >= 0.6 is 0 Å². The summed E-state index contributed by atoms with van der Waals surface area (Å²) in [6.07, 6.45) is 20.2. The molecule has 0 aromatic rings. The number of unbranched alkanes of at least 4 members (excludes halogenated alkanes) is 14. The largest absolute Gasteiger partial charge is 1.00 e. The van der Waals surface area contributed by atoms with Crippen molar-refractivity contribution in [2.24, 2.45) is 0 Å². The first-order valence-electron chi connectivity index (χ1n) is 9.49. The van der Waals surface area contributed by atoms with Gasteiger partial charge in [-0.15, -0.1) is 11.4 Å². The second-order valence-electron chi connectivity index (χ2n) is 6.30. The van der Waals surface area contributed by atoms with Crippen molar-refractivity contribution >= 4 is 17.3 Å². The Balaban J connectivity index is -0.000000867. The summed E-state index contributed by atoms with van der Waals surface area (Å²) < 4.78 is 25.3. The van der Waals surface area contributed by atoms with Gasteiger partial charge in [0.1, 0.15) is 0 Å². The van der Waals surface area contributed by atoms with Gasteiger partial charge in [0.25, 0.3) is 0 Å². The summed E-state index contributed by atoms with van der Waals surface area (Å²) in [7, 11) is 0. The number of rotatable bonds is 16. The first kappa shape index (κ1) is 30.3. The number of carboxylic acid groups (broad SMARTS) is 1. The van der Waals surface area contributed by atoms with Crippen molar-refractivity contribution in [3.8, 4) is 0 Å². The molecule has 0 atom stereocenters. The van der Waals surface area contributed by atoms with Crippen LogP contribution < -0.4 is 29.6 Å². The fourth-order valence-corrected chi connectivity index (χ4v) is 2.65. The number of hydrogen-bond donors (Lipinski definition) is 1. The van der Waals surface area contributed by atoms with Crippen LogP contribution in [0.4, 0.5) is 0 Å². The molecule has 0 aliphatic carbocycles. The van der Waals surface area contributed by atoms with Gasteiger partial charge < -0.3 is 14.2 Å². The van der Waals surface area contributed by atoms with Gasteiger partial charge >= 0.3 is 35.5 Å². The van der Waals surface area contributed by atoms with Crippen molar-refractivity contribution < 1.29 is 52.8 Å². The minimum atomic E-state index is -3.11. The fraction of sp³-hybridized carbons (Fsp3) is 0.944. The molecule has 0 spiro atoms. The van der Waals surface area contributed by atoms with Crippen molar-refractivity contribution in [3.63, 3.8) is 0 Å². The van der Waals surface area contributed by atoms with E-state index in [-0.39, 0.29) is 29.6 Å². The summed E-state index contributed by atoms with van der Waals surface area (Å²) in [5.74, 6) is -0.653. The molecule has 0 aromatic heterocycles. The Morgan fingerprint density at radius 3 is 1.20 bits per heavy atom. The zero-order chi connectivity index (χ0) is 18.5. The average Bonchev–Trinajstić information content (AvgIpc) is 2.50. The van der Waals surface area contributed by atoms with Gasteiger partial charge in [-0.2, -0.15) is 0 Å². The van der Waals surface area contributed by atoms with E-state index in [0.29, 0.717) is 6.42 Å². The molecule has 0 saturated heterocycles. The van der Waals surface area contributed by atoms with Gasteiger partial charge in [-0.1, -0.05) is 96.8 Å². The SMILES string of the molecule is CCCCCCCCCCCCCCCCCC(=O)O.O=S([O-])[O-].[Na+]. The van der Waals surface area contributed by atoms with E-state index in [9.17, 15) is 4.79 Å². The summed E-state index contributed by atoms with van der Waals surface area (Å²) in [6.45, 7) is 2.27. The molecule has 1 N–H and O–H groups in total. The third-order valence-corrected chi connectivity index (χ3v) is 3.99. The van der Waals surface area contributed by atoms with Crippen molar-refractivity contribution in [3.05, 3.63) is 0 Å². The van der Waals surface area contributed by atoms with E-state index in [2.05, 4.69) is 6.92 Å². The van der Waals surface area contributed by atoms with Crippen LogP contribution in [0.3, 0.4) is 0 Å². The molecular formula is C18H36NaO5S-. The summed E-state index contributed by atoms with van der Waals surface area (Å²) in [4.78, 5) is 10.3. The van der Waals surface area contributed by atoms with Crippen LogP contribution in [-0.4, -0.2) is 24.4 Å². The monoisotopic (exact) mass is 387 g/mol. The first-order chi connectivity index (χ1) is 11.5. The standard InChI is InChI=1S/C18H36O2.Na.H2O3S/c1-2-3-4-5-6-7-8-9-10-11-12-13-14-15-16-17-18(19)20;;1-4(2)3/h2-17H2,1H3,(H,19,20);;(H2,1,2,3)/q;+1;/p-2. The summed E-state index contributed by atoms with van der Waals surface area (Å²) in [6, 6.07) is 0. The molecule has 0 aliphatic heterocycles. The third-order valence-electron chi connectivity index (χ3n) is 3.99. The van der Waals surface area contributed by atoms with Crippen LogP contribution in [-0.2, 0) is 16.2 Å². The number of carbonyl (C=O) groups is 1. The zero-order valence-electron chi connectivity index (χ0n) is 16.3. The summed E-state index contributed by atoms with van der Waals surface area (Å²) in [5, 5.41) is 8.52. The Bertz CT molecular complexity index is 287. The Morgan fingerprint density at radius 2 is 0.960 bits per heavy atom. The Hall–Kier alpha value is 0.540. The van der Waals surface area contributed by atoms with Crippen LogP contribution in [0.15, 0.2) is 0 Å². The molecule has 0 unspecified atom stereocenters. The predicted octanol–water partition coefficient (Wildman–Crippen LogP) is 2.33. The van der Waals surface area contributed by atoms with Crippen LogP contribution in [0.25, 0.3) is 0 Å². The van der Waals surface area contributed by atoms with Gasteiger partial charge in [0.15, 0.2) is 0 Å². The Labute approximate surface area is 179 Å². The van der Waals surface area contributed by atoms with E-state index in [1.807, 2.05) is 0 Å². The predicted molar refractivity (Wildman–Crippen MR) is 96.9 cm³/mol. The van der Waals surface area contributed by atoms with E-state index in [1.54, 1.807) is 0 Å². The van der Waals surface area contributed by atoms with E-state index < -0.39 is 17.3 Å². The number of hydrogen-bond acceptors (Lipinski definition) is 4. The second-order valence-corrected chi connectivity index (χ2v) is 6.71. The van der Waals surface area contributed by atoms with Gasteiger partial charge in [-0.3, -0.25) is 9.00 Å². The summed E-state index contributed by atoms with van der Waals surface area (Å²) >= 11 is -3.11. The number of aliphatic carboxylic acids is 1. The van der Waals surface area contributed by atoms with Crippen molar-refractivity contribution in [1.29, 1.82) is 0 Å². The Kier molecular flexibility index (Phi) is 32.4. The smallest absolute Gasteiger partial charge is 0.784 e. The Morgan fingerprint density at radius 1 is 0.720 bits per heavy atom. The average molecular weight is 388 g/mol. The minimum absolute atomic E-state index is 0. The fourth-order valence-electron chi connectivity index (χ4n) is 2.65. The first-order valence-corrected chi connectivity index (χ1v) is 10.5. The van der Waals surface area contributed by atoms with E-state index in [0.717, 1.165) is 12.8 Å². The molecule has 0 heterocycles. The molecule has 146 valence electrons. The number of carboxylic acids is 1. The van der Waals surface area contributed by atoms with E-state index in [4.69, 9.17) is 18.4 Å². The van der Waals surface area contributed by atoms with Gasteiger partial charge in [-0.25, -0.2) is 0 Å². The molecule has 0 aliphatic rings. The quantitative estimate of drug-likeness (QED) is 0.249. The normalized spacial score (nSPS) is 10.1. The van der Waals surface area contributed by atoms with Gasteiger partial charge in [-0.05, 0) is 6.42 Å². The molecule has 0 aromatic carbocycles. The molecular weight excluding hydrogens is 351 g/mol. The molecule has 7 heteroatoms. The van der Waals surface area contributed by atoms with Crippen molar-refractivity contribution in [2.75, 3.05) is 0 Å². The molecule has 0 amide bonds. The van der Waals surface area contributed by atoms with Gasteiger partial charge in [0.05, 0.1) is 0 Å².